The number of aromatic nitrogens is 3. The van der Waals surface area contributed by atoms with Crippen molar-refractivity contribution >= 4 is 22.5 Å². The number of nitrogens with zero attached hydrogens (tertiary/aromatic N) is 3. The Morgan fingerprint density at radius 2 is 1.91 bits per heavy atom. The molecule has 1 atom stereocenters. The minimum Gasteiger partial charge on any atom is -0.481 e. The van der Waals surface area contributed by atoms with E-state index in [1.165, 1.54) is 19.2 Å². The van der Waals surface area contributed by atoms with Crippen molar-refractivity contribution in [3.63, 3.8) is 0 Å². The van der Waals surface area contributed by atoms with Crippen LogP contribution in [0.1, 0.15) is 41.0 Å². The van der Waals surface area contributed by atoms with E-state index in [0.717, 1.165) is 12.5 Å². The molecular formula is C24H22ClF2N3O2. The number of hydrogen-bond donors (Lipinski definition) is 1. The molecule has 2 heterocycles. The van der Waals surface area contributed by atoms with Crippen LogP contribution in [0, 0.1) is 0 Å². The zero-order valence-electron chi connectivity index (χ0n) is 17.8. The van der Waals surface area contributed by atoms with Crippen LogP contribution in [-0.4, -0.2) is 26.8 Å². The molecule has 0 aliphatic carbocycles. The summed E-state index contributed by atoms with van der Waals surface area (Å²) in [5.74, 6) is -2.53. The molecule has 32 heavy (non-hydrogen) atoms. The highest BCUT2D eigenvalue weighted by molar-refractivity contribution is 6.36. The number of benzene rings is 2. The van der Waals surface area contributed by atoms with Crippen molar-refractivity contribution in [3.05, 3.63) is 88.0 Å². The first kappa shape index (κ1) is 22.2. The van der Waals surface area contributed by atoms with Gasteiger partial charge in [-0.15, -0.1) is 0 Å². The molecule has 0 saturated heterocycles. The van der Waals surface area contributed by atoms with E-state index in [1.54, 1.807) is 47.4 Å². The lowest BCUT2D eigenvalue weighted by Gasteiger charge is -2.16. The van der Waals surface area contributed by atoms with Gasteiger partial charge < -0.3 is 14.4 Å². The molecule has 0 radical (unpaired) electrons. The van der Waals surface area contributed by atoms with Gasteiger partial charge in [0.2, 0.25) is 5.88 Å². The zero-order valence-corrected chi connectivity index (χ0v) is 18.6. The first-order chi connectivity index (χ1) is 15.2. The van der Waals surface area contributed by atoms with Gasteiger partial charge in [-0.2, -0.15) is 0 Å². The van der Waals surface area contributed by atoms with Gasteiger partial charge in [0.05, 0.1) is 35.9 Å². The van der Waals surface area contributed by atoms with Crippen LogP contribution < -0.4 is 4.74 Å². The molecule has 2 aromatic heterocycles. The predicted molar refractivity (Wildman–Crippen MR) is 119 cm³/mol. The van der Waals surface area contributed by atoms with E-state index in [9.17, 15) is 13.9 Å². The molecule has 166 valence electrons. The summed E-state index contributed by atoms with van der Waals surface area (Å²) in [5.41, 5.74) is 3.31. The number of aliphatic hydroxyl groups is 1. The summed E-state index contributed by atoms with van der Waals surface area (Å²) in [7, 11) is 3.32. The Morgan fingerprint density at radius 3 is 2.50 bits per heavy atom. The van der Waals surface area contributed by atoms with Gasteiger partial charge in [0.25, 0.3) is 5.92 Å². The molecule has 4 rings (SSSR count). The van der Waals surface area contributed by atoms with Gasteiger partial charge in [0, 0.05) is 36.9 Å². The van der Waals surface area contributed by atoms with Crippen molar-refractivity contribution in [3.8, 4) is 5.88 Å². The Balaban J connectivity index is 1.75. The number of hydrogen-bond acceptors (Lipinski definition) is 4. The first-order valence-electron chi connectivity index (χ1n) is 9.96. The molecule has 5 nitrogen and oxygen atoms in total. The third kappa shape index (κ3) is 4.18. The van der Waals surface area contributed by atoms with E-state index >= 15 is 0 Å². The van der Waals surface area contributed by atoms with Crippen LogP contribution >= 0.6 is 11.6 Å². The van der Waals surface area contributed by atoms with Crippen LogP contribution in [0.3, 0.4) is 0 Å². The Kier molecular flexibility index (Phi) is 5.88. The third-order valence-corrected chi connectivity index (χ3v) is 5.92. The lowest BCUT2D eigenvalue weighted by Crippen LogP contribution is -2.07. The molecule has 0 saturated carbocycles. The number of fused-ring (bicyclic) bond motifs is 1. The number of ether oxygens (including phenoxy) is 1. The third-order valence-electron chi connectivity index (χ3n) is 5.49. The van der Waals surface area contributed by atoms with Crippen molar-refractivity contribution in [2.45, 2.75) is 25.4 Å². The van der Waals surface area contributed by atoms with Crippen LogP contribution in [0.25, 0.3) is 10.9 Å². The number of alkyl halides is 2. The number of aryl methyl sites for hydroxylation is 1. The molecule has 2 aromatic carbocycles. The molecule has 8 heteroatoms. The molecule has 0 spiro atoms. The monoisotopic (exact) mass is 457 g/mol. The molecular weight excluding hydrogens is 436 g/mol. The average Bonchev–Trinajstić information content (AvgIpc) is 3.20. The fourth-order valence-corrected chi connectivity index (χ4v) is 3.97. The van der Waals surface area contributed by atoms with Gasteiger partial charge in [-0.3, -0.25) is 0 Å². The van der Waals surface area contributed by atoms with Gasteiger partial charge in [-0.1, -0.05) is 41.9 Å². The van der Waals surface area contributed by atoms with Crippen molar-refractivity contribution in [2.24, 2.45) is 7.05 Å². The molecule has 1 N–H and O–H groups in total. The number of pyridine rings is 1. The van der Waals surface area contributed by atoms with E-state index < -0.39 is 12.0 Å². The largest absolute Gasteiger partial charge is 0.481 e. The standard InChI is InChI=1S/C24H22ClF2N3O2/c1-24(26,27)16-7-4-14(5-8-16)10-18-21(25)17-11-15(6-9-19(17)29-23(18)32-3)22(31)20-12-28-13-30(20)2/h4-9,11-13,22,31H,10H2,1-3H3. The van der Waals surface area contributed by atoms with Crippen molar-refractivity contribution < 1.29 is 18.6 Å². The Morgan fingerprint density at radius 1 is 1.19 bits per heavy atom. The van der Waals surface area contributed by atoms with Crippen molar-refractivity contribution in [2.75, 3.05) is 7.11 Å². The Labute approximate surface area is 189 Å². The highest BCUT2D eigenvalue weighted by Crippen LogP contribution is 2.36. The number of aliphatic hydroxyl groups excluding tert-OH is 1. The Hall–Kier alpha value is -3.03. The Bertz CT molecular complexity index is 1270. The lowest BCUT2D eigenvalue weighted by atomic mass is 9.99. The maximum Gasteiger partial charge on any atom is 0.270 e. The van der Waals surface area contributed by atoms with Crippen LogP contribution in [0.4, 0.5) is 8.78 Å². The SMILES string of the molecule is COc1nc2ccc(C(O)c3cncn3C)cc2c(Cl)c1Cc1ccc(C(C)(F)F)cc1. The van der Waals surface area contributed by atoms with E-state index in [4.69, 9.17) is 16.3 Å². The smallest absolute Gasteiger partial charge is 0.270 e. The molecule has 0 amide bonds. The van der Waals surface area contributed by atoms with Gasteiger partial charge >= 0.3 is 0 Å². The maximum absolute atomic E-state index is 13.5. The van der Waals surface area contributed by atoms with Crippen molar-refractivity contribution in [1.29, 1.82) is 0 Å². The molecule has 0 aliphatic heterocycles. The second kappa shape index (κ2) is 8.48. The number of rotatable bonds is 6. The molecule has 4 aromatic rings. The van der Waals surface area contributed by atoms with Crippen LogP contribution in [0.15, 0.2) is 55.0 Å². The van der Waals surface area contributed by atoms with Gasteiger partial charge in [0.15, 0.2) is 0 Å². The molecule has 0 aliphatic rings. The van der Waals surface area contributed by atoms with Gasteiger partial charge in [-0.25, -0.2) is 18.7 Å². The van der Waals surface area contributed by atoms with Gasteiger partial charge in [0.1, 0.15) is 6.10 Å². The summed E-state index contributed by atoms with van der Waals surface area (Å²) in [6.07, 6.45) is 2.71. The summed E-state index contributed by atoms with van der Waals surface area (Å²) in [5, 5.41) is 11.9. The minimum absolute atomic E-state index is 0.0512. The van der Waals surface area contributed by atoms with Crippen molar-refractivity contribution in [1.82, 2.24) is 14.5 Å². The summed E-state index contributed by atoms with van der Waals surface area (Å²) in [4.78, 5) is 8.62. The molecule has 1 unspecified atom stereocenters. The summed E-state index contributed by atoms with van der Waals surface area (Å²) < 4.78 is 34.3. The fraction of sp³-hybridized carbons (Fsp3) is 0.250. The fourth-order valence-electron chi connectivity index (χ4n) is 3.67. The number of imidazole rings is 1. The zero-order chi connectivity index (χ0) is 23.0. The normalized spacial score (nSPS) is 12.8. The summed E-state index contributed by atoms with van der Waals surface area (Å²) in [6.45, 7) is 0.868. The quantitative estimate of drug-likeness (QED) is 0.420. The highest BCUT2D eigenvalue weighted by Gasteiger charge is 2.24. The van der Waals surface area contributed by atoms with E-state index in [1.807, 2.05) is 7.05 Å². The topological polar surface area (TPSA) is 60.2 Å². The maximum atomic E-state index is 13.5. The van der Waals surface area contributed by atoms with Crippen LogP contribution in [0.5, 0.6) is 5.88 Å². The predicted octanol–water partition coefficient (Wildman–Crippen LogP) is 5.41. The number of methoxy groups -OCH3 is 1. The molecule has 0 bridgehead atoms. The second-order valence-corrected chi connectivity index (χ2v) is 8.16. The second-order valence-electron chi connectivity index (χ2n) is 7.78. The van der Waals surface area contributed by atoms with E-state index in [0.29, 0.717) is 45.0 Å². The van der Waals surface area contributed by atoms with Crippen LogP contribution in [0.2, 0.25) is 5.02 Å². The average molecular weight is 458 g/mol. The van der Waals surface area contributed by atoms with E-state index in [-0.39, 0.29) is 5.56 Å². The van der Waals surface area contributed by atoms with E-state index in [2.05, 4.69) is 9.97 Å². The van der Waals surface area contributed by atoms with Crippen LogP contribution in [-0.2, 0) is 19.4 Å². The lowest BCUT2D eigenvalue weighted by molar-refractivity contribution is 0.0174. The summed E-state index contributed by atoms with van der Waals surface area (Å²) >= 11 is 6.77. The first-order valence-corrected chi connectivity index (χ1v) is 10.3. The van der Waals surface area contributed by atoms with Gasteiger partial charge in [-0.05, 0) is 23.3 Å². The number of halogens is 3. The highest BCUT2D eigenvalue weighted by atomic mass is 35.5. The minimum atomic E-state index is -2.90. The molecule has 0 fully saturated rings. The summed E-state index contributed by atoms with van der Waals surface area (Å²) in [6, 6.07) is 11.5.